The van der Waals surface area contributed by atoms with Crippen LogP contribution in [-0.4, -0.2) is 56.4 Å². The summed E-state index contributed by atoms with van der Waals surface area (Å²) in [6, 6.07) is -0.0939. The first-order valence-electron chi connectivity index (χ1n) is 9.75. The molecule has 166 valence electrons. The van der Waals surface area contributed by atoms with Crippen LogP contribution in [0.4, 0.5) is 13.2 Å². The first kappa shape index (κ1) is 25.7. The maximum absolute atomic E-state index is 12.7. The molecule has 1 aliphatic heterocycles. The molecule has 0 radical (unpaired) electrons. The van der Waals surface area contributed by atoms with E-state index < -0.39 is 15.5 Å². The molecule has 1 saturated carbocycles. The number of rotatable bonds is 6. The zero-order chi connectivity index (χ0) is 20.1. The third kappa shape index (κ3) is 6.35. The summed E-state index contributed by atoms with van der Waals surface area (Å²) in [5.41, 5.74) is -4.98. The number of alkyl halides is 3. The number of hydrogen-bond acceptors (Lipinski definition) is 3. The Balaban J connectivity index is 0.00000392. The summed E-state index contributed by atoms with van der Waals surface area (Å²) in [5.74, 6) is 0.661. The molecule has 1 saturated heterocycles. The standard InChI is InChI=1S/C17H31F3N4O2S.HI/c1-3-16(9-5-6-10-16)13-22-15(21-4-2)23-14-7-11-24(12-8-14)27(25,26)17(18,19)20;/h14H,3-13H2,1-2H3,(H2,21,22,23);1H. The van der Waals surface area contributed by atoms with Gasteiger partial charge in [0.1, 0.15) is 0 Å². The zero-order valence-corrected chi connectivity index (χ0v) is 19.7. The lowest BCUT2D eigenvalue weighted by Gasteiger charge is -2.33. The maximum atomic E-state index is 12.7. The van der Waals surface area contributed by atoms with Crippen molar-refractivity contribution in [1.29, 1.82) is 0 Å². The Kier molecular flexibility index (Phi) is 9.79. The van der Waals surface area contributed by atoms with Crippen LogP contribution >= 0.6 is 24.0 Å². The largest absolute Gasteiger partial charge is 0.511 e. The average Bonchev–Trinajstić information content (AvgIpc) is 3.09. The van der Waals surface area contributed by atoms with Gasteiger partial charge in [-0.15, -0.1) is 24.0 Å². The summed E-state index contributed by atoms with van der Waals surface area (Å²) in [5, 5.41) is 6.46. The highest BCUT2D eigenvalue weighted by Gasteiger charge is 2.50. The highest BCUT2D eigenvalue weighted by Crippen LogP contribution is 2.41. The predicted octanol–water partition coefficient (Wildman–Crippen LogP) is 3.44. The molecular weight excluding hydrogens is 508 g/mol. The van der Waals surface area contributed by atoms with Gasteiger partial charge in [-0.2, -0.15) is 17.5 Å². The van der Waals surface area contributed by atoms with Gasteiger partial charge < -0.3 is 10.6 Å². The molecule has 2 aliphatic rings. The van der Waals surface area contributed by atoms with E-state index >= 15 is 0 Å². The number of aliphatic imine (C=N–C) groups is 1. The molecule has 0 atom stereocenters. The van der Waals surface area contributed by atoms with Crippen molar-refractivity contribution in [3.05, 3.63) is 0 Å². The van der Waals surface area contributed by atoms with E-state index in [4.69, 9.17) is 4.99 Å². The molecule has 2 N–H and O–H groups in total. The number of nitrogens with zero attached hydrogens (tertiary/aromatic N) is 2. The quantitative estimate of drug-likeness (QED) is 0.308. The third-order valence-corrected chi connectivity index (χ3v) is 7.39. The summed E-state index contributed by atoms with van der Waals surface area (Å²) in [6.07, 6.45) is 6.56. The van der Waals surface area contributed by atoms with Crippen molar-refractivity contribution in [3.63, 3.8) is 0 Å². The van der Waals surface area contributed by atoms with Gasteiger partial charge in [0.05, 0.1) is 0 Å². The first-order valence-corrected chi connectivity index (χ1v) is 11.2. The molecule has 0 unspecified atom stereocenters. The Hall–Kier alpha value is -0.300. The molecule has 0 aromatic heterocycles. The van der Waals surface area contributed by atoms with Crippen molar-refractivity contribution >= 4 is 40.0 Å². The highest BCUT2D eigenvalue weighted by molar-refractivity contribution is 14.0. The highest BCUT2D eigenvalue weighted by atomic mass is 127. The van der Waals surface area contributed by atoms with Crippen molar-refractivity contribution < 1.29 is 21.6 Å². The van der Waals surface area contributed by atoms with Gasteiger partial charge in [0.2, 0.25) is 0 Å². The van der Waals surface area contributed by atoms with Crippen molar-refractivity contribution in [3.8, 4) is 0 Å². The van der Waals surface area contributed by atoms with E-state index in [0.717, 1.165) is 13.0 Å². The monoisotopic (exact) mass is 540 g/mol. The molecule has 2 fully saturated rings. The Labute approximate surface area is 183 Å². The van der Waals surface area contributed by atoms with Gasteiger partial charge in [0, 0.05) is 32.2 Å². The van der Waals surface area contributed by atoms with Crippen molar-refractivity contribution in [2.24, 2.45) is 10.4 Å². The number of sulfonamides is 1. The molecule has 28 heavy (non-hydrogen) atoms. The zero-order valence-electron chi connectivity index (χ0n) is 16.5. The molecule has 0 spiro atoms. The van der Waals surface area contributed by atoms with Crippen LogP contribution in [0, 0.1) is 5.41 Å². The van der Waals surface area contributed by atoms with Gasteiger partial charge in [-0.1, -0.05) is 19.8 Å². The lowest BCUT2D eigenvalue weighted by atomic mass is 9.84. The second-order valence-electron chi connectivity index (χ2n) is 7.52. The molecule has 1 heterocycles. The van der Waals surface area contributed by atoms with Crippen LogP contribution in [0.15, 0.2) is 4.99 Å². The average molecular weight is 540 g/mol. The Morgan fingerprint density at radius 2 is 1.75 bits per heavy atom. The summed E-state index contributed by atoms with van der Waals surface area (Å²) in [6.45, 7) is 5.29. The van der Waals surface area contributed by atoms with E-state index in [0.29, 0.717) is 29.7 Å². The minimum atomic E-state index is -5.24. The third-order valence-electron chi connectivity index (χ3n) is 5.76. The van der Waals surface area contributed by atoms with Crippen molar-refractivity contribution in [2.75, 3.05) is 26.2 Å². The molecule has 1 aliphatic carbocycles. The Morgan fingerprint density at radius 3 is 2.21 bits per heavy atom. The summed E-state index contributed by atoms with van der Waals surface area (Å²) in [4.78, 5) is 4.72. The van der Waals surface area contributed by atoms with Crippen LogP contribution in [-0.2, 0) is 10.0 Å². The number of piperidine rings is 1. The second kappa shape index (κ2) is 10.6. The van der Waals surface area contributed by atoms with Gasteiger partial charge in [-0.05, 0) is 44.4 Å². The van der Waals surface area contributed by atoms with Crippen molar-refractivity contribution in [2.45, 2.75) is 70.3 Å². The van der Waals surface area contributed by atoms with E-state index in [1.54, 1.807) is 0 Å². The van der Waals surface area contributed by atoms with Crippen molar-refractivity contribution in [1.82, 2.24) is 14.9 Å². The smallest absolute Gasteiger partial charge is 0.357 e. The molecule has 11 heteroatoms. The Morgan fingerprint density at radius 1 is 1.18 bits per heavy atom. The van der Waals surface area contributed by atoms with Crippen LogP contribution in [0.2, 0.25) is 0 Å². The number of hydrogen-bond donors (Lipinski definition) is 2. The molecule has 0 bridgehead atoms. The summed E-state index contributed by atoms with van der Waals surface area (Å²) in [7, 11) is -5.23. The topological polar surface area (TPSA) is 73.8 Å². The number of guanidine groups is 1. The molecule has 0 aromatic carbocycles. The van der Waals surface area contributed by atoms with Crippen LogP contribution < -0.4 is 10.6 Å². The molecule has 0 aromatic rings. The maximum Gasteiger partial charge on any atom is 0.511 e. The minimum Gasteiger partial charge on any atom is -0.357 e. The fourth-order valence-electron chi connectivity index (χ4n) is 3.90. The fourth-order valence-corrected chi connectivity index (χ4v) is 4.88. The van der Waals surface area contributed by atoms with Crippen LogP contribution in [0.5, 0.6) is 0 Å². The lowest BCUT2D eigenvalue weighted by Crippen LogP contribution is -2.51. The van der Waals surface area contributed by atoms with Crippen LogP contribution in [0.3, 0.4) is 0 Å². The predicted molar refractivity (Wildman–Crippen MR) is 115 cm³/mol. The van der Waals surface area contributed by atoms with E-state index in [-0.39, 0.29) is 48.5 Å². The Bertz CT molecular complexity index is 614. The van der Waals surface area contributed by atoms with Gasteiger partial charge in [-0.25, -0.2) is 8.42 Å². The van der Waals surface area contributed by atoms with Gasteiger partial charge >= 0.3 is 15.5 Å². The van der Waals surface area contributed by atoms with Gasteiger partial charge in [-0.3, -0.25) is 4.99 Å². The minimum absolute atomic E-state index is 0. The number of halogens is 4. The van der Waals surface area contributed by atoms with Crippen LogP contribution in [0.1, 0.15) is 58.8 Å². The van der Waals surface area contributed by atoms with E-state index in [9.17, 15) is 21.6 Å². The van der Waals surface area contributed by atoms with Crippen LogP contribution in [0.25, 0.3) is 0 Å². The van der Waals surface area contributed by atoms with Gasteiger partial charge in [0.25, 0.3) is 0 Å². The lowest BCUT2D eigenvalue weighted by molar-refractivity contribution is -0.0494. The molecule has 6 nitrogen and oxygen atoms in total. The first-order chi connectivity index (χ1) is 12.6. The van der Waals surface area contributed by atoms with E-state index in [2.05, 4.69) is 17.6 Å². The fraction of sp³-hybridized carbons (Fsp3) is 0.941. The van der Waals surface area contributed by atoms with E-state index in [1.807, 2.05) is 6.92 Å². The normalized spacial score (nSPS) is 22.0. The molecule has 0 amide bonds. The second-order valence-corrected chi connectivity index (χ2v) is 9.45. The SMILES string of the molecule is CCNC(=NCC1(CC)CCCC1)NC1CCN(S(=O)(=O)C(F)(F)F)CC1.I. The number of nitrogens with one attached hydrogen (secondary N) is 2. The molecule has 2 rings (SSSR count). The summed E-state index contributed by atoms with van der Waals surface area (Å²) < 4.78 is 61.5. The van der Waals surface area contributed by atoms with Gasteiger partial charge in [0.15, 0.2) is 5.96 Å². The molecular formula is C17H32F3IN4O2S. The van der Waals surface area contributed by atoms with E-state index in [1.165, 1.54) is 25.7 Å². The summed E-state index contributed by atoms with van der Waals surface area (Å²) >= 11 is 0.